The SMILES string of the molecule is C=C1CC[C@@]23CC[C@]4(C)[C@@](OC2=O)([C@@H]3C1)[C@H]1O[C@H]1C1C2(C)CC[C@H](O)[C@@](C)(CO)[C@@H]2CC[C@]14C. The Labute approximate surface area is 203 Å². The van der Waals surface area contributed by atoms with E-state index in [0.717, 1.165) is 57.8 Å². The Kier molecular flexibility index (Phi) is 4.03. The topological polar surface area (TPSA) is 79.3 Å². The first kappa shape index (κ1) is 22.3. The van der Waals surface area contributed by atoms with Crippen molar-refractivity contribution in [3.05, 3.63) is 12.2 Å². The van der Waals surface area contributed by atoms with Crippen LogP contribution in [0.5, 0.6) is 0 Å². The predicted molar refractivity (Wildman–Crippen MR) is 127 cm³/mol. The molecule has 2 heterocycles. The second kappa shape index (κ2) is 6.14. The van der Waals surface area contributed by atoms with Crippen LogP contribution in [0.25, 0.3) is 0 Å². The van der Waals surface area contributed by atoms with Gasteiger partial charge in [0.1, 0.15) is 6.10 Å². The number of hydrogen-bond acceptors (Lipinski definition) is 5. The summed E-state index contributed by atoms with van der Waals surface area (Å²) in [5.74, 6) is 0.828. The number of carbonyl (C=O) groups excluding carboxylic acids is 1. The maximum absolute atomic E-state index is 13.6. The minimum atomic E-state index is -0.542. The second-order valence-corrected chi connectivity index (χ2v) is 14.4. The number of esters is 1. The number of fused-ring (bicyclic) bond motifs is 6. The van der Waals surface area contributed by atoms with Gasteiger partial charge in [-0.1, -0.05) is 39.8 Å². The second-order valence-electron chi connectivity index (χ2n) is 14.4. The van der Waals surface area contributed by atoms with Crippen LogP contribution in [0.1, 0.15) is 85.5 Å². The Bertz CT molecular complexity index is 993. The highest BCUT2D eigenvalue weighted by atomic mass is 16.6. The Morgan fingerprint density at radius 1 is 1.03 bits per heavy atom. The lowest BCUT2D eigenvalue weighted by Crippen LogP contribution is -2.74. The van der Waals surface area contributed by atoms with Crippen LogP contribution in [-0.4, -0.2) is 46.7 Å². The molecule has 2 N–H and O–H groups in total. The van der Waals surface area contributed by atoms with Crippen LogP contribution in [-0.2, 0) is 14.3 Å². The molecule has 0 radical (unpaired) electrons. The zero-order valence-corrected chi connectivity index (χ0v) is 21.4. The van der Waals surface area contributed by atoms with E-state index in [1.54, 1.807) is 0 Å². The van der Waals surface area contributed by atoms with Crippen LogP contribution in [0, 0.1) is 44.8 Å². The van der Waals surface area contributed by atoms with Crippen molar-refractivity contribution in [1.82, 2.24) is 0 Å². The molecule has 34 heavy (non-hydrogen) atoms. The van der Waals surface area contributed by atoms with Crippen LogP contribution < -0.4 is 0 Å². The standard InChI is InChI=1S/C29H42O5/c1-16-6-11-28-13-12-27(5)26(4)10-7-17-24(2,9-8-19(31)25(17,3)15-30)21(26)20-22(33-20)29(27,18(28)14-16)34-23(28)32/h17-22,30-31H,1,6-15H2,2-5H3/t17-,18-,19+,20+,21?,22+,24?,25+,26-,27+,28+,29-/m1/s1. The molecule has 2 saturated heterocycles. The van der Waals surface area contributed by atoms with Gasteiger partial charge in [-0.15, -0.1) is 0 Å². The van der Waals surface area contributed by atoms with Gasteiger partial charge >= 0.3 is 5.97 Å². The molecule has 2 bridgehead atoms. The number of carbonyl (C=O) groups is 1. The van der Waals surface area contributed by atoms with E-state index in [4.69, 9.17) is 9.47 Å². The molecule has 5 heteroatoms. The molecule has 188 valence electrons. The molecule has 5 nitrogen and oxygen atoms in total. The van der Waals surface area contributed by atoms with Crippen molar-refractivity contribution >= 4 is 5.97 Å². The van der Waals surface area contributed by atoms with Crippen molar-refractivity contribution in [1.29, 1.82) is 0 Å². The molecule has 7 fully saturated rings. The van der Waals surface area contributed by atoms with Gasteiger partial charge in [-0.25, -0.2) is 0 Å². The van der Waals surface area contributed by atoms with E-state index < -0.39 is 17.1 Å². The Balaban J connectivity index is 1.38. The highest BCUT2D eigenvalue weighted by molar-refractivity contribution is 5.82. The van der Waals surface area contributed by atoms with Gasteiger partial charge in [-0.2, -0.15) is 0 Å². The molecule has 0 aromatic heterocycles. The molecule has 7 rings (SSSR count). The molecule has 1 spiro atoms. The minimum absolute atomic E-state index is 0.0128. The number of hydrogen-bond donors (Lipinski definition) is 2. The number of rotatable bonds is 1. The summed E-state index contributed by atoms with van der Waals surface area (Å²) in [6, 6.07) is 0. The van der Waals surface area contributed by atoms with Crippen molar-refractivity contribution in [2.45, 2.75) is 109 Å². The molecule has 2 unspecified atom stereocenters. The summed E-state index contributed by atoms with van der Waals surface area (Å²) in [6.07, 6.45) is 8.00. The van der Waals surface area contributed by atoms with E-state index in [9.17, 15) is 15.0 Å². The van der Waals surface area contributed by atoms with E-state index in [-0.39, 0.29) is 58.3 Å². The Morgan fingerprint density at radius 2 is 1.79 bits per heavy atom. The van der Waals surface area contributed by atoms with Gasteiger partial charge in [0.05, 0.1) is 24.2 Å². The fraction of sp³-hybridized carbons (Fsp3) is 0.897. The monoisotopic (exact) mass is 470 g/mol. The lowest BCUT2D eigenvalue weighted by Gasteiger charge is -2.72. The third-order valence-electron chi connectivity index (χ3n) is 13.7. The molecule has 0 aromatic rings. The molecule has 0 aromatic carbocycles. The molecule has 0 amide bonds. The number of epoxide rings is 1. The van der Waals surface area contributed by atoms with E-state index in [2.05, 4.69) is 34.3 Å². The van der Waals surface area contributed by atoms with Crippen LogP contribution in [0.4, 0.5) is 0 Å². The number of allylic oxidation sites excluding steroid dienone is 1. The van der Waals surface area contributed by atoms with Gasteiger partial charge in [-0.05, 0) is 80.5 Å². The first-order chi connectivity index (χ1) is 15.9. The van der Waals surface area contributed by atoms with Gasteiger partial charge in [0, 0.05) is 16.7 Å². The maximum Gasteiger partial charge on any atom is 0.313 e. The highest BCUT2D eigenvalue weighted by Gasteiger charge is 2.88. The largest absolute Gasteiger partial charge is 0.455 e. The summed E-state index contributed by atoms with van der Waals surface area (Å²) in [7, 11) is 0. The lowest BCUT2D eigenvalue weighted by molar-refractivity contribution is -0.274. The summed E-state index contributed by atoms with van der Waals surface area (Å²) in [5, 5.41) is 21.4. The van der Waals surface area contributed by atoms with Crippen molar-refractivity contribution in [2.24, 2.45) is 44.8 Å². The first-order valence-corrected chi connectivity index (χ1v) is 13.8. The predicted octanol–water partition coefficient (Wildman–Crippen LogP) is 4.40. The first-order valence-electron chi connectivity index (χ1n) is 13.8. The fourth-order valence-electron chi connectivity index (χ4n) is 11.8. The summed E-state index contributed by atoms with van der Waals surface area (Å²) in [4.78, 5) is 13.6. The average Bonchev–Trinajstić information content (AvgIpc) is 3.55. The normalized spacial score (nSPS) is 63.6. The number of aliphatic hydroxyl groups is 2. The van der Waals surface area contributed by atoms with Crippen LogP contribution in [0.2, 0.25) is 0 Å². The molecular weight excluding hydrogens is 428 g/mol. The van der Waals surface area contributed by atoms with Gasteiger partial charge < -0.3 is 19.7 Å². The van der Waals surface area contributed by atoms with Gasteiger partial charge in [0.15, 0.2) is 5.60 Å². The smallest absolute Gasteiger partial charge is 0.313 e. The third-order valence-corrected chi connectivity index (χ3v) is 13.7. The van der Waals surface area contributed by atoms with Gasteiger partial charge in [0.2, 0.25) is 0 Å². The highest BCUT2D eigenvalue weighted by Crippen LogP contribution is 2.83. The zero-order valence-electron chi connectivity index (χ0n) is 21.4. The van der Waals surface area contributed by atoms with Gasteiger partial charge in [-0.3, -0.25) is 4.79 Å². The molecule has 2 aliphatic heterocycles. The van der Waals surface area contributed by atoms with Crippen molar-refractivity contribution < 1.29 is 24.5 Å². The van der Waals surface area contributed by atoms with Crippen LogP contribution in [0.3, 0.4) is 0 Å². The average molecular weight is 471 g/mol. The summed E-state index contributed by atoms with van der Waals surface area (Å²) < 4.78 is 13.4. The summed E-state index contributed by atoms with van der Waals surface area (Å²) in [6.45, 7) is 13.8. The van der Waals surface area contributed by atoms with Crippen molar-refractivity contribution in [2.75, 3.05) is 6.61 Å². The molecule has 7 aliphatic rings. The minimum Gasteiger partial charge on any atom is -0.455 e. The number of ether oxygens (including phenoxy) is 2. The number of aliphatic hydroxyl groups excluding tert-OH is 2. The molecule has 5 saturated carbocycles. The van der Waals surface area contributed by atoms with E-state index in [0.29, 0.717) is 5.92 Å². The molecule has 12 atom stereocenters. The maximum atomic E-state index is 13.6. The Morgan fingerprint density at radius 3 is 2.53 bits per heavy atom. The van der Waals surface area contributed by atoms with Crippen molar-refractivity contribution in [3.63, 3.8) is 0 Å². The Hall–Kier alpha value is -0.910. The van der Waals surface area contributed by atoms with Crippen LogP contribution in [0.15, 0.2) is 12.2 Å². The van der Waals surface area contributed by atoms with E-state index >= 15 is 0 Å². The molecular formula is C29H42O5. The van der Waals surface area contributed by atoms with E-state index in [1.165, 1.54) is 5.57 Å². The fourth-order valence-corrected chi connectivity index (χ4v) is 11.8. The van der Waals surface area contributed by atoms with Crippen LogP contribution >= 0.6 is 0 Å². The third kappa shape index (κ3) is 2.02. The van der Waals surface area contributed by atoms with Crippen molar-refractivity contribution in [3.8, 4) is 0 Å². The quantitative estimate of drug-likeness (QED) is 0.337. The zero-order chi connectivity index (χ0) is 24.1. The molecule has 5 aliphatic carbocycles. The summed E-state index contributed by atoms with van der Waals surface area (Å²) in [5.41, 5.74) is -0.282. The summed E-state index contributed by atoms with van der Waals surface area (Å²) >= 11 is 0. The van der Waals surface area contributed by atoms with E-state index in [1.807, 2.05) is 0 Å². The lowest BCUT2D eigenvalue weighted by atomic mass is 9.31. The van der Waals surface area contributed by atoms with Gasteiger partial charge in [0.25, 0.3) is 0 Å².